The number of anilines is 1. The zero-order valence-corrected chi connectivity index (χ0v) is 10.0. The highest BCUT2D eigenvalue weighted by atomic mass is 19.2. The molecule has 0 spiro atoms. The van der Waals surface area contributed by atoms with Gasteiger partial charge in [0.1, 0.15) is 0 Å². The van der Waals surface area contributed by atoms with Gasteiger partial charge in [0.05, 0.1) is 0 Å². The second-order valence-electron chi connectivity index (χ2n) is 4.04. The number of nitrogens with one attached hydrogen (secondary N) is 1. The standard InChI is InChI=1S/C13H8F2N4O/c14-9-5-4-8(7-10(9)15)12(20)16-13-18-17-11-3-1-2-6-19(11)13/h1-7H,(H,16,18,20). The summed E-state index contributed by atoms with van der Waals surface area (Å²) in [5, 5.41) is 10.2. The number of fused-ring (bicyclic) bond motifs is 1. The number of carbonyl (C=O) groups excluding carboxylic acids is 1. The summed E-state index contributed by atoms with van der Waals surface area (Å²) < 4.78 is 27.5. The zero-order valence-electron chi connectivity index (χ0n) is 10.0. The van der Waals surface area contributed by atoms with E-state index in [9.17, 15) is 13.6 Å². The average Bonchev–Trinajstić information content (AvgIpc) is 2.85. The van der Waals surface area contributed by atoms with Crippen molar-refractivity contribution in [1.82, 2.24) is 14.6 Å². The first kappa shape index (κ1) is 12.2. The molecule has 1 N–H and O–H groups in total. The van der Waals surface area contributed by atoms with Crippen molar-refractivity contribution in [3.05, 3.63) is 59.8 Å². The number of benzene rings is 1. The maximum Gasteiger partial charge on any atom is 0.258 e. The van der Waals surface area contributed by atoms with E-state index in [-0.39, 0.29) is 11.5 Å². The van der Waals surface area contributed by atoms with E-state index in [2.05, 4.69) is 15.5 Å². The van der Waals surface area contributed by atoms with E-state index in [1.54, 1.807) is 28.8 Å². The van der Waals surface area contributed by atoms with Gasteiger partial charge in [-0.1, -0.05) is 6.07 Å². The van der Waals surface area contributed by atoms with Gasteiger partial charge in [0.25, 0.3) is 5.91 Å². The number of hydrogen-bond acceptors (Lipinski definition) is 3. The fraction of sp³-hybridized carbons (Fsp3) is 0. The van der Waals surface area contributed by atoms with Crippen molar-refractivity contribution in [3.63, 3.8) is 0 Å². The molecule has 0 saturated carbocycles. The van der Waals surface area contributed by atoms with Gasteiger partial charge in [0, 0.05) is 11.8 Å². The van der Waals surface area contributed by atoms with E-state index in [1.165, 1.54) is 6.07 Å². The van der Waals surface area contributed by atoms with Crippen molar-refractivity contribution in [2.24, 2.45) is 0 Å². The summed E-state index contributed by atoms with van der Waals surface area (Å²) in [6.45, 7) is 0. The van der Waals surface area contributed by atoms with Gasteiger partial charge in [-0.25, -0.2) is 8.78 Å². The van der Waals surface area contributed by atoms with Crippen LogP contribution in [0.5, 0.6) is 0 Å². The normalized spacial score (nSPS) is 10.7. The molecule has 5 nitrogen and oxygen atoms in total. The van der Waals surface area contributed by atoms with Gasteiger partial charge in [-0.15, -0.1) is 10.2 Å². The molecular formula is C13H8F2N4O. The van der Waals surface area contributed by atoms with Gasteiger partial charge in [-0.3, -0.25) is 14.5 Å². The molecule has 0 fully saturated rings. The van der Waals surface area contributed by atoms with E-state index >= 15 is 0 Å². The van der Waals surface area contributed by atoms with Crippen molar-refractivity contribution in [3.8, 4) is 0 Å². The quantitative estimate of drug-likeness (QED) is 0.779. The molecule has 2 heterocycles. The van der Waals surface area contributed by atoms with Crippen LogP contribution in [0.15, 0.2) is 42.6 Å². The highest BCUT2D eigenvalue weighted by molar-refractivity contribution is 6.03. The van der Waals surface area contributed by atoms with Gasteiger partial charge in [0.2, 0.25) is 5.95 Å². The largest absolute Gasteiger partial charge is 0.290 e. The molecule has 3 aromatic rings. The minimum Gasteiger partial charge on any atom is -0.290 e. The smallest absolute Gasteiger partial charge is 0.258 e. The molecule has 0 unspecified atom stereocenters. The Hall–Kier alpha value is -2.83. The van der Waals surface area contributed by atoms with Crippen LogP contribution in [0.4, 0.5) is 14.7 Å². The first-order valence-corrected chi connectivity index (χ1v) is 5.71. The second-order valence-corrected chi connectivity index (χ2v) is 4.04. The molecule has 0 saturated heterocycles. The van der Waals surface area contributed by atoms with Crippen molar-refractivity contribution >= 4 is 17.5 Å². The van der Waals surface area contributed by atoms with Gasteiger partial charge in [-0.05, 0) is 30.3 Å². The Bertz CT molecular complexity index is 800. The van der Waals surface area contributed by atoms with Crippen molar-refractivity contribution in [2.75, 3.05) is 5.32 Å². The first-order chi connectivity index (χ1) is 9.65. The molecule has 0 aliphatic rings. The Labute approximate surface area is 111 Å². The lowest BCUT2D eigenvalue weighted by atomic mass is 10.2. The molecule has 0 aliphatic heterocycles. The molecule has 0 atom stereocenters. The summed E-state index contributed by atoms with van der Waals surface area (Å²) in [4.78, 5) is 11.9. The first-order valence-electron chi connectivity index (χ1n) is 5.71. The van der Waals surface area contributed by atoms with Crippen LogP contribution >= 0.6 is 0 Å². The van der Waals surface area contributed by atoms with Gasteiger partial charge < -0.3 is 0 Å². The third-order valence-corrected chi connectivity index (χ3v) is 2.72. The fourth-order valence-corrected chi connectivity index (χ4v) is 1.74. The number of nitrogens with zero attached hydrogens (tertiary/aromatic N) is 3. The minimum atomic E-state index is -1.08. The highest BCUT2D eigenvalue weighted by Crippen LogP contribution is 2.12. The highest BCUT2D eigenvalue weighted by Gasteiger charge is 2.13. The summed E-state index contributed by atoms with van der Waals surface area (Å²) in [6.07, 6.45) is 1.68. The molecule has 1 aromatic carbocycles. The van der Waals surface area contributed by atoms with E-state index < -0.39 is 17.5 Å². The molecule has 0 bridgehead atoms. The SMILES string of the molecule is O=C(Nc1nnc2ccccn12)c1ccc(F)c(F)c1. The molecule has 3 rings (SSSR count). The summed E-state index contributed by atoms with van der Waals surface area (Å²) in [6, 6.07) is 8.17. The topological polar surface area (TPSA) is 59.3 Å². The van der Waals surface area contributed by atoms with Crippen molar-refractivity contribution in [1.29, 1.82) is 0 Å². The Balaban J connectivity index is 1.90. The van der Waals surface area contributed by atoms with Crippen LogP contribution in [0.25, 0.3) is 5.65 Å². The van der Waals surface area contributed by atoms with E-state index in [0.717, 1.165) is 12.1 Å². The number of pyridine rings is 1. The van der Waals surface area contributed by atoms with Crippen LogP contribution in [0.1, 0.15) is 10.4 Å². The maximum absolute atomic E-state index is 13.1. The Kier molecular flexibility index (Phi) is 2.86. The van der Waals surface area contributed by atoms with Crippen LogP contribution in [0.3, 0.4) is 0 Å². The molecule has 0 aliphatic carbocycles. The zero-order chi connectivity index (χ0) is 14.1. The van der Waals surface area contributed by atoms with E-state index in [0.29, 0.717) is 5.65 Å². The number of carbonyl (C=O) groups is 1. The number of aromatic nitrogens is 3. The number of halogens is 2. The summed E-state index contributed by atoms with van der Waals surface area (Å²) in [7, 11) is 0. The molecule has 20 heavy (non-hydrogen) atoms. The van der Waals surface area contributed by atoms with Crippen LogP contribution in [-0.2, 0) is 0 Å². The number of amides is 1. The minimum absolute atomic E-state index is 0.00317. The third kappa shape index (κ3) is 2.09. The van der Waals surface area contributed by atoms with Gasteiger partial charge >= 0.3 is 0 Å². The second kappa shape index (κ2) is 4.69. The fourth-order valence-electron chi connectivity index (χ4n) is 1.74. The molecular weight excluding hydrogens is 266 g/mol. The lowest BCUT2D eigenvalue weighted by Crippen LogP contribution is -2.14. The lowest BCUT2D eigenvalue weighted by Gasteiger charge is -2.03. The molecule has 2 aromatic heterocycles. The monoisotopic (exact) mass is 274 g/mol. The van der Waals surface area contributed by atoms with E-state index in [1.807, 2.05) is 0 Å². The van der Waals surface area contributed by atoms with Crippen LogP contribution in [0.2, 0.25) is 0 Å². The lowest BCUT2D eigenvalue weighted by molar-refractivity contribution is 0.102. The summed E-state index contributed by atoms with van der Waals surface area (Å²) in [5.74, 6) is -2.48. The van der Waals surface area contributed by atoms with Gasteiger partial charge in [0.15, 0.2) is 17.3 Å². The van der Waals surface area contributed by atoms with Crippen LogP contribution in [0, 0.1) is 11.6 Å². The van der Waals surface area contributed by atoms with E-state index in [4.69, 9.17) is 0 Å². The Morgan fingerprint density at radius 2 is 1.95 bits per heavy atom. The molecule has 100 valence electrons. The summed E-state index contributed by atoms with van der Waals surface area (Å²) in [5.41, 5.74) is 0.560. The Morgan fingerprint density at radius 1 is 1.10 bits per heavy atom. The van der Waals surface area contributed by atoms with Gasteiger partial charge in [-0.2, -0.15) is 0 Å². The predicted molar refractivity (Wildman–Crippen MR) is 67.3 cm³/mol. The summed E-state index contributed by atoms with van der Waals surface area (Å²) >= 11 is 0. The average molecular weight is 274 g/mol. The molecule has 0 radical (unpaired) electrons. The molecule has 1 amide bonds. The number of hydrogen-bond donors (Lipinski definition) is 1. The Morgan fingerprint density at radius 3 is 2.75 bits per heavy atom. The predicted octanol–water partition coefficient (Wildman–Crippen LogP) is 2.26. The van der Waals surface area contributed by atoms with Crippen LogP contribution in [-0.4, -0.2) is 20.5 Å². The maximum atomic E-state index is 13.1. The van der Waals surface area contributed by atoms with Crippen molar-refractivity contribution in [2.45, 2.75) is 0 Å². The third-order valence-electron chi connectivity index (χ3n) is 2.72. The van der Waals surface area contributed by atoms with Crippen LogP contribution < -0.4 is 5.32 Å². The van der Waals surface area contributed by atoms with Crippen molar-refractivity contribution < 1.29 is 13.6 Å². The number of rotatable bonds is 2. The molecule has 7 heteroatoms.